The predicted molar refractivity (Wildman–Crippen MR) is 75.0 cm³/mol. The van der Waals surface area contributed by atoms with Gasteiger partial charge in [0.15, 0.2) is 5.60 Å². The van der Waals surface area contributed by atoms with Crippen molar-refractivity contribution in [3.8, 4) is 0 Å². The molecule has 1 saturated heterocycles. The summed E-state index contributed by atoms with van der Waals surface area (Å²) in [6.07, 6.45) is 1.00. The predicted octanol–water partition coefficient (Wildman–Crippen LogP) is 1.07. The number of hydrogen-bond donors (Lipinski definition) is 1. The molecule has 1 aromatic carbocycles. The topological polar surface area (TPSA) is 41.6 Å². The van der Waals surface area contributed by atoms with E-state index in [1.165, 1.54) is 5.56 Å². The van der Waals surface area contributed by atoms with Gasteiger partial charge in [0.25, 0.3) is 5.91 Å². The van der Waals surface area contributed by atoms with E-state index in [1.807, 2.05) is 13.0 Å². The molecule has 1 aliphatic rings. The number of hydrogen-bond acceptors (Lipinski definition) is 3. The third kappa shape index (κ3) is 3.55. The van der Waals surface area contributed by atoms with Gasteiger partial charge in [-0.25, -0.2) is 0 Å². The standard InChI is InChI=1S/C15H22N2O2/c1-15(14(18)16-2)12-17(10-11-19-15)9-8-13-6-4-3-5-7-13/h3-7H,8-12H2,1-2H3,(H,16,18). The normalized spacial score (nSPS) is 24.1. The SMILES string of the molecule is CNC(=O)C1(C)CN(CCc2ccccc2)CCO1. The Morgan fingerprint density at radius 3 is 2.84 bits per heavy atom. The Kier molecular flexibility index (Phi) is 4.56. The molecule has 0 radical (unpaired) electrons. The van der Waals surface area contributed by atoms with E-state index in [1.54, 1.807) is 7.05 Å². The summed E-state index contributed by atoms with van der Waals surface area (Å²) in [5.74, 6) is -0.0445. The first kappa shape index (κ1) is 14.0. The van der Waals surface area contributed by atoms with Crippen LogP contribution >= 0.6 is 0 Å². The van der Waals surface area contributed by atoms with Crippen molar-refractivity contribution >= 4 is 5.91 Å². The van der Waals surface area contributed by atoms with Crippen molar-refractivity contribution in [2.24, 2.45) is 0 Å². The summed E-state index contributed by atoms with van der Waals surface area (Å²) in [6, 6.07) is 10.4. The average Bonchev–Trinajstić information content (AvgIpc) is 2.45. The maximum absolute atomic E-state index is 11.8. The molecule has 19 heavy (non-hydrogen) atoms. The molecule has 0 saturated carbocycles. The van der Waals surface area contributed by atoms with Crippen LogP contribution in [0.15, 0.2) is 30.3 Å². The zero-order valence-electron chi connectivity index (χ0n) is 11.7. The van der Waals surface area contributed by atoms with E-state index in [9.17, 15) is 4.79 Å². The van der Waals surface area contributed by atoms with Crippen LogP contribution in [0.5, 0.6) is 0 Å². The summed E-state index contributed by atoms with van der Waals surface area (Å²) in [5.41, 5.74) is 0.611. The van der Waals surface area contributed by atoms with Crippen LogP contribution in [-0.4, -0.2) is 49.7 Å². The molecular weight excluding hydrogens is 240 g/mol. The number of carbonyl (C=O) groups is 1. The number of nitrogens with zero attached hydrogens (tertiary/aromatic N) is 1. The third-order valence-electron chi connectivity index (χ3n) is 3.62. The highest BCUT2D eigenvalue weighted by Gasteiger charge is 2.38. The molecule has 0 aromatic heterocycles. The number of amides is 1. The summed E-state index contributed by atoms with van der Waals surface area (Å²) >= 11 is 0. The van der Waals surface area contributed by atoms with Crippen LogP contribution in [0.25, 0.3) is 0 Å². The first-order valence-electron chi connectivity index (χ1n) is 6.76. The highest BCUT2D eigenvalue weighted by Crippen LogP contribution is 2.18. The average molecular weight is 262 g/mol. The molecule has 1 amide bonds. The van der Waals surface area contributed by atoms with Crippen LogP contribution in [0.3, 0.4) is 0 Å². The number of benzene rings is 1. The molecule has 1 aliphatic heterocycles. The lowest BCUT2D eigenvalue weighted by molar-refractivity contribution is -0.155. The minimum Gasteiger partial charge on any atom is -0.363 e. The lowest BCUT2D eigenvalue weighted by Crippen LogP contribution is -2.57. The third-order valence-corrected chi connectivity index (χ3v) is 3.62. The Balaban J connectivity index is 1.89. The number of morpholine rings is 1. The van der Waals surface area contributed by atoms with Crippen molar-refractivity contribution in [1.29, 1.82) is 0 Å². The number of ether oxygens (including phenoxy) is 1. The number of rotatable bonds is 4. The summed E-state index contributed by atoms with van der Waals surface area (Å²) in [7, 11) is 1.65. The van der Waals surface area contributed by atoms with Gasteiger partial charge in [0.2, 0.25) is 0 Å². The van der Waals surface area contributed by atoms with Gasteiger partial charge in [0, 0.05) is 26.7 Å². The smallest absolute Gasteiger partial charge is 0.253 e. The zero-order valence-corrected chi connectivity index (χ0v) is 11.7. The maximum atomic E-state index is 11.8. The van der Waals surface area contributed by atoms with Gasteiger partial charge >= 0.3 is 0 Å². The molecule has 0 aliphatic carbocycles. The minimum atomic E-state index is -0.719. The fourth-order valence-electron chi connectivity index (χ4n) is 2.48. The van der Waals surface area contributed by atoms with Crippen molar-refractivity contribution in [3.63, 3.8) is 0 Å². The second kappa shape index (κ2) is 6.17. The molecule has 1 atom stereocenters. The van der Waals surface area contributed by atoms with Crippen molar-refractivity contribution < 1.29 is 9.53 Å². The van der Waals surface area contributed by atoms with Crippen molar-refractivity contribution in [2.45, 2.75) is 18.9 Å². The molecule has 104 valence electrons. The number of nitrogens with one attached hydrogen (secondary N) is 1. The van der Waals surface area contributed by atoms with E-state index in [-0.39, 0.29) is 5.91 Å². The Morgan fingerprint density at radius 1 is 1.42 bits per heavy atom. The summed E-state index contributed by atoms with van der Waals surface area (Å²) in [5, 5.41) is 2.68. The van der Waals surface area contributed by atoms with E-state index in [4.69, 9.17) is 4.74 Å². The molecule has 1 N–H and O–H groups in total. The fourth-order valence-corrected chi connectivity index (χ4v) is 2.48. The second-order valence-electron chi connectivity index (χ2n) is 5.17. The van der Waals surface area contributed by atoms with Gasteiger partial charge in [-0.2, -0.15) is 0 Å². The molecule has 0 spiro atoms. The largest absolute Gasteiger partial charge is 0.363 e. The molecule has 4 nitrogen and oxygen atoms in total. The molecule has 1 aromatic rings. The van der Waals surface area contributed by atoms with Crippen LogP contribution in [0.4, 0.5) is 0 Å². The van der Waals surface area contributed by atoms with Crippen molar-refractivity contribution in [1.82, 2.24) is 10.2 Å². The molecule has 4 heteroatoms. The van der Waals surface area contributed by atoms with Crippen molar-refractivity contribution in [2.75, 3.05) is 33.3 Å². The van der Waals surface area contributed by atoms with Crippen LogP contribution in [0.1, 0.15) is 12.5 Å². The first-order chi connectivity index (χ1) is 9.14. The van der Waals surface area contributed by atoms with E-state index in [0.717, 1.165) is 19.5 Å². The zero-order chi connectivity index (χ0) is 13.7. The Morgan fingerprint density at radius 2 is 2.16 bits per heavy atom. The summed E-state index contributed by atoms with van der Waals surface area (Å²) in [6.45, 7) is 4.97. The quantitative estimate of drug-likeness (QED) is 0.882. The van der Waals surface area contributed by atoms with Crippen LogP contribution in [0, 0.1) is 0 Å². The van der Waals surface area contributed by atoms with Crippen LogP contribution in [-0.2, 0) is 16.0 Å². The monoisotopic (exact) mass is 262 g/mol. The van der Waals surface area contributed by atoms with E-state index in [0.29, 0.717) is 13.2 Å². The first-order valence-corrected chi connectivity index (χ1v) is 6.76. The lowest BCUT2D eigenvalue weighted by Gasteiger charge is -2.39. The van der Waals surface area contributed by atoms with E-state index in [2.05, 4.69) is 34.5 Å². The molecule has 2 rings (SSSR count). The number of likely N-dealkylation sites (N-methyl/N-ethyl adjacent to an activating group) is 1. The highest BCUT2D eigenvalue weighted by atomic mass is 16.5. The lowest BCUT2D eigenvalue weighted by atomic mass is 10.0. The van der Waals surface area contributed by atoms with Gasteiger partial charge in [-0.1, -0.05) is 30.3 Å². The summed E-state index contributed by atoms with van der Waals surface area (Å²) < 4.78 is 5.65. The second-order valence-corrected chi connectivity index (χ2v) is 5.17. The number of carbonyl (C=O) groups excluding carboxylic acids is 1. The van der Waals surface area contributed by atoms with E-state index >= 15 is 0 Å². The van der Waals surface area contributed by atoms with E-state index < -0.39 is 5.60 Å². The molecular formula is C15H22N2O2. The van der Waals surface area contributed by atoms with Crippen LogP contribution in [0.2, 0.25) is 0 Å². The maximum Gasteiger partial charge on any atom is 0.253 e. The molecule has 0 bridgehead atoms. The Hall–Kier alpha value is -1.39. The minimum absolute atomic E-state index is 0.0445. The summed E-state index contributed by atoms with van der Waals surface area (Å²) in [4.78, 5) is 14.1. The molecule has 1 fully saturated rings. The van der Waals surface area contributed by atoms with Crippen molar-refractivity contribution in [3.05, 3.63) is 35.9 Å². The fraction of sp³-hybridized carbons (Fsp3) is 0.533. The molecule has 1 unspecified atom stereocenters. The van der Waals surface area contributed by atoms with Crippen LogP contribution < -0.4 is 5.32 Å². The van der Waals surface area contributed by atoms with Gasteiger partial charge in [0.05, 0.1) is 6.61 Å². The van der Waals surface area contributed by atoms with Gasteiger partial charge in [-0.3, -0.25) is 9.69 Å². The van der Waals surface area contributed by atoms with Gasteiger partial charge in [-0.05, 0) is 18.9 Å². The highest BCUT2D eigenvalue weighted by molar-refractivity contribution is 5.84. The Labute approximate surface area is 114 Å². The van der Waals surface area contributed by atoms with Gasteiger partial charge in [-0.15, -0.1) is 0 Å². The van der Waals surface area contributed by atoms with Gasteiger partial charge < -0.3 is 10.1 Å². The van der Waals surface area contributed by atoms with Gasteiger partial charge in [0.1, 0.15) is 0 Å². The molecule has 1 heterocycles. The Bertz CT molecular complexity index is 421.